The second-order valence-electron chi connectivity index (χ2n) is 8.39. The highest BCUT2D eigenvalue weighted by molar-refractivity contribution is 7.80. The van der Waals surface area contributed by atoms with Gasteiger partial charge < -0.3 is 10.0 Å². The van der Waals surface area contributed by atoms with E-state index in [2.05, 4.69) is 35.8 Å². The van der Waals surface area contributed by atoms with Crippen LogP contribution in [0.5, 0.6) is 5.75 Å². The summed E-state index contributed by atoms with van der Waals surface area (Å²) in [6.07, 6.45) is 8.66. The van der Waals surface area contributed by atoms with Gasteiger partial charge in [-0.15, -0.1) is 0 Å². The van der Waals surface area contributed by atoms with Crippen LogP contribution >= 0.6 is 32.9 Å². The molecule has 1 saturated heterocycles. The number of benzene rings is 1. The minimum absolute atomic E-state index is 0.412. The van der Waals surface area contributed by atoms with Gasteiger partial charge in [-0.05, 0) is 55.1 Å². The molecule has 2 aromatic rings. The summed E-state index contributed by atoms with van der Waals surface area (Å²) in [4.78, 5) is 6.36. The molecule has 3 rings (SSSR count). The number of nitrogens with zero attached hydrogens (tertiary/aromatic N) is 2. The Bertz CT molecular complexity index is 837. The Kier molecular flexibility index (Phi) is 9.78. The summed E-state index contributed by atoms with van der Waals surface area (Å²) in [6.45, 7) is 11.0. The van der Waals surface area contributed by atoms with Gasteiger partial charge in [0.25, 0.3) is 0 Å². The van der Waals surface area contributed by atoms with E-state index in [9.17, 15) is 5.11 Å². The Morgan fingerprint density at radius 3 is 2.40 bits per heavy atom. The molecule has 1 fully saturated rings. The van der Waals surface area contributed by atoms with Crippen LogP contribution < -0.4 is 0 Å². The standard InChI is InChI=1S/C24H36N2OS3/c1-3-5-7-8-9-21-23(29-30-24(21)28)19-10-11-22(27)20(17-19)18-26-15-13-25(14-16-26)12-6-4-2/h10-11,17,27H,3-9,12-16,18H2,1-2H3. The van der Waals surface area contributed by atoms with E-state index >= 15 is 0 Å². The van der Waals surface area contributed by atoms with Gasteiger partial charge in [-0.2, -0.15) is 0 Å². The number of phenols is 1. The van der Waals surface area contributed by atoms with E-state index in [1.54, 1.807) is 20.7 Å². The Morgan fingerprint density at radius 1 is 0.933 bits per heavy atom. The molecule has 0 radical (unpaired) electrons. The minimum Gasteiger partial charge on any atom is -0.508 e. The summed E-state index contributed by atoms with van der Waals surface area (Å²) in [7, 11) is 3.52. The summed E-state index contributed by atoms with van der Waals surface area (Å²) < 4.78 is 1.05. The van der Waals surface area contributed by atoms with Gasteiger partial charge in [-0.3, -0.25) is 4.90 Å². The number of aromatic hydroxyl groups is 1. The van der Waals surface area contributed by atoms with Crippen LogP contribution in [0.2, 0.25) is 0 Å². The molecule has 30 heavy (non-hydrogen) atoms. The number of phenolic OH excluding ortho intramolecular Hbond substituents is 1. The highest BCUT2D eigenvalue weighted by Crippen LogP contribution is 2.37. The van der Waals surface area contributed by atoms with Crippen molar-refractivity contribution in [3.63, 3.8) is 0 Å². The number of unbranched alkanes of at least 4 members (excludes halogenated alkanes) is 4. The third-order valence-corrected chi connectivity index (χ3v) is 9.22. The molecule has 0 amide bonds. The molecule has 0 spiro atoms. The second-order valence-corrected chi connectivity index (χ2v) is 11.2. The molecule has 2 heterocycles. The molecule has 1 aromatic heterocycles. The van der Waals surface area contributed by atoms with Crippen molar-refractivity contribution in [2.24, 2.45) is 0 Å². The summed E-state index contributed by atoms with van der Waals surface area (Å²) >= 11 is 5.65. The fourth-order valence-corrected chi connectivity index (χ4v) is 7.09. The fourth-order valence-electron chi connectivity index (χ4n) is 4.09. The summed E-state index contributed by atoms with van der Waals surface area (Å²) in [6, 6.07) is 6.13. The van der Waals surface area contributed by atoms with Crippen molar-refractivity contribution in [2.75, 3.05) is 32.7 Å². The van der Waals surface area contributed by atoms with Gasteiger partial charge in [0.1, 0.15) is 9.57 Å². The maximum Gasteiger partial charge on any atom is 0.120 e. The first-order valence-corrected chi connectivity index (χ1v) is 14.1. The molecule has 0 unspecified atom stereocenters. The predicted molar refractivity (Wildman–Crippen MR) is 135 cm³/mol. The first-order valence-electron chi connectivity index (χ1n) is 11.5. The fraction of sp³-hybridized carbons (Fsp3) is 0.625. The summed E-state index contributed by atoms with van der Waals surface area (Å²) in [5.41, 5.74) is 3.60. The van der Waals surface area contributed by atoms with Crippen molar-refractivity contribution >= 4 is 32.9 Å². The molecule has 6 heteroatoms. The number of hydrogen-bond acceptors (Lipinski definition) is 6. The Morgan fingerprint density at radius 2 is 1.67 bits per heavy atom. The van der Waals surface area contributed by atoms with Crippen LogP contribution in [-0.2, 0) is 13.0 Å². The Labute approximate surface area is 194 Å². The molecule has 0 aliphatic carbocycles. The lowest BCUT2D eigenvalue weighted by atomic mass is 10.0. The van der Waals surface area contributed by atoms with E-state index in [4.69, 9.17) is 12.2 Å². The molecule has 1 N–H and O–H groups in total. The van der Waals surface area contributed by atoms with E-state index in [0.29, 0.717) is 5.75 Å². The van der Waals surface area contributed by atoms with Crippen LogP contribution in [0.4, 0.5) is 0 Å². The van der Waals surface area contributed by atoms with E-state index in [0.717, 1.165) is 48.5 Å². The lowest BCUT2D eigenvalue weighted by molar-refractivity contribution is 0.125. The van der Waals surface area contributed by atoms with Gasteiger partial charge in [-0.1, -0.05) is 72.4 Å². The van der Waals surface area contributed by atoms with E-state index in [-0.39, 0.29) is 0 Å². The predicted octanol–water partition coefficient (Wildman–Crippen LogP) is 6.95. The largest absolute Gasteiger partial charge is 0.508 e. The van der Waals surface area contributed by atoms with Gasteiger partial charge in [-0.25, -0.2) is 0 Å². The van der Waals surface area contributed by atoms with Crippen molar-refractivity contribution in [1.29, 1.82) is 0 Å². The minimum atomic E-state index is 0.412. The van der Waals surface area contributed by atoms with Crippen LogP contribution in [0.15, 0.2) is 18.2 Å². The second kappa shape index (κ2) is 12.3. The number of piperazine rings is 1. The zero-order chi connectivity index (χ0) is 21.3. The van der Waals surface area contributed by atoms with Gasteiger partial charge in [0, 0.05) is 38.3 Å². The Balaban J connectivity index is 1.67. The van der Waals surface area contributed by atoms with Crippen LogP contribution in [0.3, 0.4) is 0 Å². The quantitative estimate of drug-likeness (QED) is 0.221. The monoisotopic (exact) mass is 464 g/mol. The van der Waals surface area contributed by atoms with Crippen molar-refractivity contribution in [3.05, 3.63) is 33.1 Å². The van der Waals surface area contributed by atoms with Gasteiger partial charge >= 0.3 is 0 Å². The lowest BCUT2D eigenvalue weighted by Crippen LogP contribution is -2.46. The van der Waals surface area contributed by atoms with Crippen LogP contribution in [0.25, 0.3) is 10.4 Å². The first kappa shape index (κ1) is 23.9. The molecule has 1 aromatic carbocycles. The van der Waals surface area contributed by atoms with Gasteiger partial charge in [0.05, 0.1) is 4.88 Å². The normalized spacial score (nSPS) is 15.7. The summed E-state index contributed by atoms with van der Waals surface area (Å²) in [5.74, 6) is 0.412. The van der Waals surface area contributed by atoms with Crippen molar-refractivity contribution in [1.82, 2.24) is 9.80 Å². The van der Waals surface area contributed by atoms with Gasteiger partial charge in [0.15, 0.2) is 0 Å². The van der Waals surface area contributed by atoms with Crippen molar-refractivity contribution in [2.45, 2.75) is 65.3 Å². The molecule has 0 saturated carbocycles. The van der Waals surface area contributed by atoms with Gasteiger partial charge in [0.2, 0.25) is 0 Å². The third kappa shape index (κ3) is 6.60. The molecule has 3 nitrogen and oxygen atoms in total. The topological polar surface area (TPSA) is 26.7 Å². The van der Waals surface area contributed by atoms with Crippen molar-refractivity contribution in [3.8, 4) is 16.2 Å². The Hall–Kier alpha value is -0.790. The van der Waals surface area contributed by atoms with Crippen molar-refractivity contribution < 1.29 is 5.11 Å². The molecule has 0 atom stereocenters. The lowest BCUT2D eigenvalue weighted by Gasteiger charge is -2.34. The highest BCUT2D eigenvalue weighted by atomic mass is 32.9. The zero-order valence-corrected chi connectivity index (χ0v) is 20.9. The SMILES string of the molecule is CCCCCCc1c(-c2ccc(O)c(CN3CCN(CCCC)CC3)c2)ssc1=S. The van der Waals surface area contributed by atoms with E-state index in [1.807, 2.05) is 6.07 Å². The number of rotatable bonds is 11. The van der Waals surface area contributed by atoms with Crippen LogP contribution in [0.1, 0.15) is 63.5 Å². The molecule has 1 aliphatic rings. The first-order chi connectivity index (χ1) is 14.6. The summed E-state index contributed by atoms with van der Waals surface area (Å²) in [5, 5.41) is 10.5. The smallest absolute Gasteiger partial charge is 0.120 e. The van der Waals surface area contributed by atoms with E-state index < -0.39 is 0 Å². The maximum atomic E-state index is 10.5. The third-order valence-electron chi connectivity index (χ3n) is 6.03. The average Bonchev–Trinajstić information content (AvgIpc) is 3.12. The van der Waals surface area contributed by atoms with Crippen LogP contribution in [0, 0.1) is 3.82 Å². The molecule has 0 bridgehead atoms. The molecule has 1 aliphatic heterocycles. The molecular weight excluding hydrogens is 428 g/mol. The zero-order valence-electron chi connectivity index (χ0n) is 18.5. The van der Waals surface area contributed by atoms with E-state index in [1.165, 1.54) is 61.1 Å². The van der Waals surface area contributed by atoms with Crippen LogP contribution in [-0.4, -0.2) is 47.6 Å². The molecule has 166 valence electrons. The number of hydrogen-bond donors (Lipinski definition) is 1. The average molecular weight is 465 g/mol. The highest BCUT2D eigenvalue weighted by Gasteiger charge is 2.19. The maximum absolute atomic E-state index is 10.5. The molecular formula is C24H36N2OS3.